The van der Waals surface area contributed by atoms with Crippen molar-refractivity contribution in [1.29, 1.82) is 0 Å². The third-order valence-corrected chi connectivity index (χ3v) is 7.18. The Morgan fingerprint density at radius 1 is 1.00 bits per heavy atom. The number of alkyl halides is 3. The molecule has 0 aliphatic rings. The molecule has 0 saturated carbocycles. The van der Waals surface area contributed by atoms with Crippen molar-refractivity contribution in [2.45, 2.75) is 66.9 Å². The molecule has 0 spiro atoms. The first kappa shape index (κ1) is 29.4. The van der Waals surface area contributed by atoms with Crippen molar-refractivity contribution < 1.29 is 32.6 Å². The maximum Gasteiger partial charge on any atom is 0.446 e. The molecule has 1 N–H and O–H groups in total. The predicted molar refractivity (Wildman–Crippen MR) is 137 cm³/mol. The van der Waals surface area contributed by atoms with Crippen LogP contribution in [0.15, 0.2) is 63.1 Å². The number of rotatable bonds is 11. The number of benzene rings is 2. The third-order valence-electron chi connectivity index (χ3n) is 5.25. The lowest BCUT2D eigenvalue weighted by molar-refractivity contribution is -0.138. The van der Waals surface area contributed by atoms with Crippen LogP contribution in [0, 0.1) is 0 Å². The molecule has 8 nitrogen and oxygen atoms in total. The van der Waals surface area contributed by atoms with Crippen LogP contribution < -0.4 is 5.69 Å². The zero-order chi connectivity index (χ0) is 28.1. The number of thioether (sulfide) groups is 2. The van der Waals surface area contributed by atoms with E-state index in [-0.39, 0.29) is 41.2 Å². The molecule has 0 aliphatic carbocycles. The van der Waals surface area contributed by atoms with Gasteiger partial charge in [-0.15, -0.1) is 11.8 Å². The third kappa shape index (κ3) is 7.90. The fourth-order valence-corrected chi connectivity index (χ4v) is 4.81. The molecule has 0 saturated heterocycles. The molecule has 38 heavy (non-hydrogen) atoms. The summed E-state index contributed by atoms with van der Waals surface area (Å²) in [5.41, 5.74) is -3.97. The number of aliphatic carboxylic acids is 1. The maximum atomic E-state index is 12.9. The fourth-order valence-electron chi connectivity index (χ4n) is 3.32. The second-order valence-electron chi connectivity index (χ2n) is 8.72. The van der Waals surface area contributed by atoms with E-state index in [0.29, 0.717) is 23.4 Å². The summed E-state index contributed by atoms with van der Waals surface area (Å²) in [4.78, 5) is 37.5. The van der Waals surface area contributed by atoms with Gasteiger partial charge in [-0.05, 0) is 74.0 Å². The van der Waals surface area contributed by atoms with Crippen molar-refractivity contribution in [2.75, 3.05) is 0 Å². The van der Waals surface area contributed by atoms with Gasteiger partial charge in [0, 0.05) is 16.3 Å². The highest BCUT2D eigenvalue weighted by atomic mass is 32.2. The van der Waals surface area contributed by atoms with E-state index >= 15 is 0 Å². The predicted octanol–water partition coefficient (Wildman–Crippen LogP) is 5.43. The molecular formula is C25H26F3N3O5S2. The van der Waals surface area contributed by atoms with E-state index in [1.807, 2.05) is 6.92 Å². The lowest BCUT2D eigenvalue weighted by atomic mass is 10.2. The first-order valence-corrected chi connectivity index (χ1v) is 13.1. The number of carboxylic acids is 1. The molecule has 3 aromatic rings. The Morgan fingerprint density at radius 3 is 2.13 bits per heavy atom. The normalized spacial score (nSPS) is 11.9. The van der Waals surface area contributed by atoms with Crippen LogP contribution in [0.25, 0.3) is 0 Å². The molecule has 13 heteroatoms. The fraction of sp³-hybridized carbons (Fsp3) is 0.360. The van der Waals surface area contributed by atoms with Gasteiger partial charge in [0.25, 0.3) is 0 Å². The minimum atomic E-state index is -4.39. The topological polar surface area (TPSA) is 103 Å². The van der Waals surface area contributed by atoms with Crippen LogP contribution in [0.2, 0.25) is 0 Å². The number of carbonyl (C=O) groups excluding carboxylic acids is 1. The second kappa shape index (κ2) is 12.1. The van der Waals surface area contributed by atoms with E-state index < -0.39 is 27.9 Å². The number of halogens is 3. The van der Waals surface area contributed by atoms with E-state index in [1.165, 1.54) is 45.6 Å². The highest BCUT2D eigenvalue weighted by molar-refractivity contribution is 8.01. The van der Waals surface area contributed by atoms with Crippen LogP contribution in [-0.2, 0) is 29.2 Å². The molecule has 3 rings (SSSR count). The molecule has 0 aliphatic heterocycles. The minimum absolute atomic E-state index is 0.0370. The molecule has 0 bridgehead atoms. The summed E-state index contributed by atoms with van der Waals surface area (Å²) in [6.45, 7) is 5.17. The zero-order valence-electron chi connectivity index (χ0n) is 20.8. The van der Waals surface area contributed by atoms with E-state index in [4.69, 9.17) is 4.74 Å². The Morgan fingerprint density at radius 2 is 1.58 bits per heavy atom. The molecular weight excluding hydrogens is 543 g/mol. The summed E-state index contributed by atoms with van der Waals surface area (Å²) < 4.78 is 44.6. The number of nitrogens with zero attached hydrogens (tertiary/aromatic N) is 3. The lowest BCUT2D eigenvalue weighted by Gasteiger charge is -2.18. The van der Waals surface area contributed by atoms with Gasteiger partial charge < -0.3 is 9.84 Å². The van der Waals surface area contributed by atoms with Crippen molar-refractivity contribution in [3.8, 4) is 0 Å². The molecule has 0 amide bonds. The number of esters is 1. The first-order chi connectivity index (χ1) is 17.8. The van der Waals surface area contributed by atoms with Gasteiger partial charge in [-0.25, -0.2) is 14.3 Å². The van der Waals surface area contributed by atoms with Gasteiger partial charge in [-0.3, -0.25) is 9.36 Å². The number of ether oxygens (including phenoxy) is 1. The highest BCUT2D eigenvalue weighted by Crippen LogP contribution is 2.36. The Labute approximate surface area is 225 Å². The molecule has 0 unspecified atom stereocenters. The number of hydrogen-bond acceptors (Lipinski definition) is 7. The monoisotopic (exact) mass is 569 g/mol. The average molecular weight is 570 g/mol. The van der Waals surface area contributed by atoms with Crippen molar-refractivity contribution in [2.24, 2.45) is 0 Å². The quantitative estimate of drug-likeness (QED) is 0.241. The summed E-state index contributed by atoms with van der Waals surface area (Å²) in [6, 6.07) is 12.0. The standard InChI is InChI=1S/C25H26F3N3O5S2/c1-4-13-30-20(15-36-21(32)17-7-11-18(12-8-17)37-24(2,3)22(33)34)29-31(23(30)35)14-16-5-9-19(10-6-16)38-25(26,27)28/h5-12H,4,13-15H2,1-3H3,(H,33,34). The summed E-state index contributed by atoms with van der Waals surface area (Å²) in [6.07, 6.45) is 0.627. The summed E-state index contributed by atoms with van der Waals surface area (Å²) in [5.74, 6) is -1.35. The highest BCUT2D eigenvalue weighted by Gasteiger charge is 2.29. The first-order valence-electron chi connectivity index (χ1n) is 11.5. The van der Waals surface area contributed by atoms with Crippen molar-refractivity contribution >= 4 is 35.5 Å². The van der Waals surface area contributed by atoms with E-state index in [9.17, 15) is 32.7 Å². The van der Waals surface area contributed by atoms with E-state index in [0.717, 1.165) is 11.8 Å². The van der Waals surface area contributed by atoms with Crippen molar-refractivity contribution in [3.63, 3.8) is 0 Å². The van der Waals surface area contributed by atoms with Gasteiger partial charge in [-0.2, -0.15) is 18.3 Å². The molecule has 204 valence electrons. The van der Waals surface area contributed by atoms with E-state index in [2.05, 4.69) is 5.10 Å². The Hall–Kier alpha value is -3.19. The summed E-state index contributed by atoms with van der Waals surface area (Å²) in [5, 5.41) is 13.6. The van der Waals surface area contributed by atoms with Crippen LogP contribution in [0.3, 0.4) is 0 Å². The van der Waals surface area contributed by atoms with Gasteiger partial charge in [0.05, 0.1) is 12.1 Å². The van der Waals surface area contributed by atoms with Gasteiger partial charge >= 0.3 is 23.1 Å². The maximum absolute atomic E-state index is 12.9. The Bertz CT molecular complexity index is 1330. The number of carboxylic acid groups (broad SMARTS) is 1. The molecule has 0 atom stereocenters. The van der Waals surface area contributed by atoms with E-state index in [1.54, 1.807) is 26.0 Å². The molecule has 0 fully saturated rings. The SMILES string of the molecule is CCCn1c(COC(=O)c2ccc(SC(C)(C)C(=O)O)cc2)nn(Cc2ccc(SC(F)(F)F)cc2)c1=O. The van der Waals surface area contributed by atoms with Crippen LogP contribution in [-0.4, -0.2) is 41.6 Å². The second-order valence-corrected chi connectivity index (χ2v) is 11.6. The smallest absolute Gasteiger partial charge is 0.446 e. The van der Waals surface area contributed by atoms with Gasteiger partial charge in [0.15, 0.2) is 12.4 Å². The van der Waals surface area contributed by atoms with Crippen LogP contribution in [0.5, 0.6) is 0 Å². The van der Waals surface area contributed by atoms with Crippen molar-refractivity contribution in [1.82, 2.24) is 14.3 Å². The minimum Gasteiger partial charge on any atom is -0.480 e. The van der Waals surface area contributed by atoms with Crippen LogP contribution >= 0.6 is 23.5 Å². The summed E-state index contributed by atoms with van der Waals surface area (Å²) >= 11 is 0.928. The van der Waals surface area contributed by atoms with Gasteiger partial charge in [0.1, 0.15) is 4.75 Å². The van der Waals surface area contributed by atoms with Crippen molar-refractivity contribution in [3.05, 3.63) is 76.0 Å². The zero-order valence-corrected chi connectivity index (χ0v) is 22.5. The Kier molecular flexibility index (Phi) is 9.36. The van der Waals surface area contributed by atoms with Crippen LogP contribution in [0.1, 0.15) is 48.9 Å². The Balaban J connectivity index is 1.69. The average Bonchev–Trinajstić information content (AvgIpc) is 3.12. The molecule has 2 aromatic carbocycles. The molecule has 0 radical (unpaired) electrons. The molecule has 1 heterocycles. The summed E-state index contributed by atoms with van der Waals surface area (Å²) in [7, 11) is 0. The van der Waals surface area contributed by atoms with Gasteiger partial charge in [-0.1, -0.05) is 19.1 Å². The molecule has 1 aromatic heterocycles. The lowest BCUT2D eigenvalue weighted by Crippen LogP contribution is -2.26. The van der Waals surface area contributed by atoms with Crippen LogP contribution in [0.4, 0.5) is 13.2 Å². The number of aromatic nitrogens is 3. The largest absolute Gasteiger partial charge is 0.480 e. The number of carbonyl (C=O) groups is 2. The van der Waals surface area contributed by atoms with Gasteiger partial charge in [0.2, 0.25) is 0 Å². The number of hydrogen-bond donors (Lipinski definition) is 1.